The van der Waals surface area contributed by atoms with Crippen LogP contribution in [0, 0.1) is 0 Å². The Bertz CT molecular complexity index is 1580. The third-order valence-corrected chi connectivity index (χ3v) is 10.2. The van der Waals surface area contributed by atoms with Crippen molar-refractivity contribution in [3.8, 4) is 11.5 Å². The van der Waals surface area contributed by atoms with Crippen molar-refractivity contribution in [3.63, 3.8) is 0 Å². The standard InChI is InChI=1S/C36H44N4O5S/c1-39(31(18-8-14-29-16-10-22-37-26-29)19-9-15-30-17-11-23-38-27-30)36(41)33(24-28-12-6-5-7-13-28)40(2)46(42,43)32-20-21-34(44-3)35(25-32)45-4/h5-7,10-13,16-17,20-23,25-27,31,33H,8-9,14-15,18-19,24H2,1-4H3/t33-/m0/s1. The number of aryl methyl sites for hydroxylation is 2. The predicted octanol–water partition coefficient (Wildman–Crippen LogP) is 5.60. The number of hydrogen-bond donors (Lipinski definition) is 0. The highest BCUT2D eigenvalue weighted by molar-refractivity contribution is 7.89. The van der Waals surface area contributed by atoms with Gasteiger partial charge in [-0.25, -0.2) is 8.42 Å². The van der Waals surface area contributed by atoms with Gasteiger partial charge in [-0.1, -0.05) is 42.5 Å². The quantitative estimate of drug-likeness (QED) is 0.148. The first-order valence-corrected chi connectivity index (χ1v) is 17.0. The number of amides is 1. The molecule has 2 heterocycles. The van der Waals surface area contributed by atoms with Crippen LogP contribution in [-0.4, -0.2) is 73.9 Å². The second-order valence-corrected chi connectivity index (χ2v) is 13.4. The minimum atomic E-state index is -4.09. The van der Waals surface area contributed by atoms with Crippen molar-refractivity contribution in [2.45, 2.75) is 61.9 Å². The van der Waals surface area contributed by atoms with Crippen molar-refractivity contribution in [1.29, 1.82) is 0 Å². The first kappa shape index (κ1) is 34.6. The lowest BCUT2D eigenvalue weighted by Gasteiger charge is -2.35. The Labute approximate surface area is 273 Å². The number of rotatable bonds is 17. The number of nitrogens with zero attached hydrogens (tertiary/aromatic N) is 4. The van der Waals surface area contributed by atoms with Crippen LogP contribution in [0.4, 0.5) is 0 Å². The normalized spacial score (nSPS) is 12.2. The lowest BCUT2D eigenvalue weighted by atomic mass is 9.97. The molecule has 0 N–H and O–H groups in total. The lowest BCUT2D eigenvalue weighted by molar-refractivity contribution is -0.136. The van der Waals surface area contributed by atoms with Crippen LogP contribution >= 0.6 is 0 Å². The van der Waals surface area contributed by atoms with Gasteiger partial charge >= 0.3 is 0 Å². The largest absolute Gasteiger partial charge is 0.493 e. The average Bonchev–Trinajstić information content (AvgIpc) is 3.10. The Kier molecular flexibility index (Phi) is 12.7. The van der Waals surface area contributed by atoms with Gasteiger partial charge in [-0.3, -0.25) is 14.8 Å². The molecule has 10 heteroatoms. The van der Waals surface area contributed by atoms with Gasteiger partial charge in [0.05, 0.1) is 19.1 Å². The first-order chi connectivity index (χ1) is 22.2. The van der Waals surface area contributed by atoms with E-state index in [0.717, 1.165) is 55.2 Å². The SMILES string of the molecule is COc1ccc(S(=O)(=O)N(C)[C@@H](Cc2ccccc2)C(=O)N(C)C(CCCc2cccnc2)CCCc2cccnc2)cc1OC. The summed E-state index contributed by atoms with van der Waals surface area (Å²) < 4.78 is 39.9. The number of carbonyl (C=O) groups excluding carboxylic acids is 1. The fourth-order valence-electron chi connectivity index (χ4n) is 5.64. The maximum atomic E-state index is 14.5. The molecule has 9 nitrogen and oxygen atoms in total. The molecule has 2 aromatic heterocycles. The van der Waals surface area contributed by atoms with Gasteiger partial charge in [0, 0.05) is 51.0 Å². The molecule has 0 bridgehead atoms. The highest BCUT2D eigenvalue weighted by atomic mass is 32.2. The number of benzene rings is 2. The summed E-state index contributed by atoms with van der Waals surface area (Å²) in [5.74, 6) is 0.464. The Morgan fingerprint density at radius 2 is 1.33 bits per heavy atom. The summed E-state index contributed by atoms with van der Waals surface area (Å²) in [6, 6.07) is 20.9. The number of pyridine rings is 2. The number of carbonyl (C=O) groups is 1. The molecule has 0 radical (unpaired) electrons. The van der Waals surface area contributed by atoms with Crippen LogP contribution in [0.2, 0.25) is 0 Å². The minimum Gasteiger partial charge on any atom is -0.493 e. The highest BCUT2D eigenvalue weighted by Gasteiger charge is 2.36. The molecule has 0 aliphatic carbocycles. The first-order valence-electron chi connectivity index (χ1n) is 15.5. The average molecular weight is 645 g/mol. The Balaban J connectivity index is 1.60. The van der Waals surface area contributed by atoms with E-state index in [9.17, 15) is 13.2 Å². The summed E-state index contributed by atoms with van der Waals surface area (Å²) in [5, 5.41) is 0. The summed E-state index contributed by atoms with van der Waals surface area (Å²) in [4.78, 5) is 24.7. The van der Waals surface area contributed by atoms with Gasteiger partial charge in [-0.05, 0) is 85.9 Å². The topological polar surface area (TPSA) is 102 Å². The molecule has 0 spiro atoms. The van der Waals surface area contributed by atoms with Crippen LogP contribution in [0.1, 0.15) is 42.4 Å². The molecule has 4 rings (SSSR count). The van der Waals surface area contributed by atoms with E-state index in [1.165, 1.54) is 37.7 Å². The summed E-state index contributed by atoms with van der Waals surface area (Å²) in [7, 11) is 2.14. The second kappa shape index (κ2) is 16.9. The van der Waals surface area contributed by atoms with Crippen LogP contribution in [0.3, 0.4) is 0 Å². The van der Waals surface area contributed by atoms with Crippen molar-refractivity contribution in [2.75, 3.05) is 28.3 Å². The maximum absolute atomic E-state index is 14.5. The molecule has 1 amide bonds. The van der Waals surface area contributed by atoms with Crippen LogP contribution in [-0.2, 0) is 34.1 Å². The number of likely N-dealkylation sites (N-methyl/N-ethyl adjacent to an activating group) is 2. The van der Waals surface area contributed by atoms with Gasteiger partial charge < -0.3 is 14.4 Å². The second-order valence-electron chi connectivity index (χ2n) is 11.4. The smallest absolute Gasteiger partial charge is 0.243 e. The number of ether oxygens (including phenoxy) is 2. The van der Waals surface area contributed by atoms with E-state index in [2.05, 4.69) is 22.1 Å². The van der Waals surface area contributed by atoms with Crippen LogP contribution < -0.4 is 9.47 Å². The van der Waals surface area contributed by atoms with Crippen LogP contribution in [0.15, 0.2) is 102 Å². The molecule has 0 saturated carbocycles. The van der Waals surface area contributed by atoms with E-state index in [1.807, 2.05) is 54.9 Å². The van der Waals surface area contributed by atoms with Crippen molar-refractivity contribution in [1.82, 2.24) is 19.2 Å². The van der Waals surface area contributed by atoms with Crippen molar-refractivity contribution >= 4 is 15.9 Å². The number of aromatic nitrogens is 2. The molecule has 0 aliphatic heterocycles. The molecule has 46 heavy (non-hydrogen) atoms. The molecule has 1 atom stereocenters. The highest BCUT2D eigenvalue weighted by Crippen LogP contribution is 2.31. The van der Waals surface area contributed by atoms with E-state index < -0.39 is 16.1 Å². The van der Waals surface area contributed by atoms with E-state index in [1.54, 1.807) is 30.4 Å². The molecular weight excluding hydrogens is 600 g/mol. The van der Waals surface area contributed by atoms with Crippen LogP contribution in [0.25, 0.3) is 0 Å². The van der Waals surface area contributed by atoms with Crippen LogP contribution in [0.5, 0.6) is 11.5 Å². The Morgan fingerprint density at radius 1 is 0.761 bits per heavy atom. The summed E-state index contributed by atoms with van der Waals surface area (Å²) in [6.45, 7) is 0. The van der Waals surface area contributed by atoms with Gasteiger partial charge in [-0.15, -0.1) is 0 Å². The molecular formula is C36H44N4O5S. The molecule has 0 saturated heterocycles. The number of hydrogen-bond acceptors (Lipinski definition) is 7. The van der Waals surface area contributed by atoms with E-state index in [0.29, 0.717) is 11.5 Å². The maximum Gasteiger partial charge on any atom is 0.243 e. The zero-order valence-electron chi connectivity index (χ0n) is 27.1. The Morgan fingerprint density at radius 3 is 1.85 bits per heavy atom. The zero-order chi connectivity index (χ0) is 32.9. The molecule has 0 unspecified atom stereocenters. The van der Waals surface area contributed by atoms with Gasteiger partial charge in [-0.2, -0.15) is 4.31 Å². The minimum absolute atomic E-state index is 0.0191. The number of sulfonamides is 1. The monoisotopic (exact) mass is 644 g/mol. The van der Waals surface area contributed by atoms with Gasteiger partial charge in [0.25, 0.3) is 0 Å². The molecule has 0 fully saturated rings. The molecule has 2 aromatic carbocycles. The number of methoxy groups -OCH3 is 2. The summed E-state index contributed by atoms with van der Waals surface area (Å²) >= 11 is 0. The summed E-state index contributed by atoms with van der Waals surface area (Å²) in [6.07, 6.45) is 12.5. The van der Waals surface area contributed by atoms with E-state index in [4.69, 9.17) is 9.47 Å². The van der Waals surface area contributed by atoms with E-state index in [-0.39, 0.29) is 23.3 Å². The summed E-state index contributed by atoms with van der Waals surface area (Å²) in [5.41, 5.74) is 3.16. The fraction of sp³-hybridized carbons (Fsp3) is 0.361. The molecule has 4 aromatic rings. The van der Waals surface area contributed by atoms with Crippen molar-refractivity contribution in [2.24, 2.45) is 0 Å². The zero-order valence-corrected chi connectivity index (χ0v) is 27.9. The van der Waals surface area contributed by atoms with E-state index >= 15 is 0 Å². The lowest BCUT2D eigenvalue weighted by Crippen LogP contribution is -2.52. The molecule has 244 valence electrons. The van der Waals surface area contributed by atoms with Gasteiger partial charge in [0.15, 0.2) is 11.5 Å². The predicted molar refractivity (Wildman–Crippen MR) is 179 cm³/mol. The van der Waals surface area contributed by atoms with Crippen molar-refractivity contribution in [3.05, 3.63) is 114 Å². The van der Waals surface area contributed by atoms with Crippen molar-refractivity contribution < 1.29 is 22.7 Å². The Hall–Kier alpha value is -4.28. The van der Waals surface area contributed by atoms with Gasteiger partial charge in [0.2, 0.25) is 15.9 Å². The fourth-order valence-corrected chi connectivity index (χ4v) is 6.97. The van der Waals surface area contributed by atoms with Gasteiger partial charge in [0.1, 0.15) is 6.04 Å². The third kappa shape index (κ3) is 9.14. The third-order valence-electron chi connectivity index (χ3n) is 8.37. The molecule has 0 aliphatic rings.